The van der Waals surface area contributed by atoms with E-state index in [2.05, 4.69) is 20.2 Å². The Bertz CT molecular complexity index is 1130. The summed E-state index contributed by atoms with van der Waals surface area (Å²) in [4.78, 5) is 23.6. The Morgan fingerprint density at radius 2 is 2.00 bits per heavy atom. The molecule has 1 aliphatic rings. The maximum absolute atomic E-state index is 13.1. The highest BCUT2D eigenvalue weighted by Crippen LogP contribution is 2.29. The standard InChI is InChI=1S/C19H16N6O2/c1-12-18-21-16(13-6-3-2-4-7-13)22-25(18)11-10-24(12)19(26)15-14-8-5-9-20-17(14)23-27-15/h2-9,12H,10-11H2,1H3/t12-/m0/s1. The molecular formula is C19H16N6O2. The summed E-state index contributed by atoms with van der Waals surface area (Å²) in [7, 11) is 0. The van der Waals surface area contributed by atoms with Crippen LogP contribution in [0.25, 0.3) is 22.4 Å². The van der Waals surface area contributed by atoms with Crippen LogP contribution in [0.15, 0.2) is 53.2 Å². The van der Waals surface area contributed by atoms with Gasteiger partial charge in [0.1, 0.15) is 5.82 Å². The molecule has 5 rings (SSSR count). The van der Waals surface area contributed by atoms with Crippen LogP contribution >= 0.6 is 0 Å². The van der Waals surface area contributed by atoms with Crippen LogP contribution in [-0.2, 0) is 6.54 Å². The quantitative estimate of drug-likeness (QED) is 0.546. The zero-order valence-corrected chi connectivity index (χ0v) is 14.6. The van der Waals surface area contributed by atoms with Gasteiger partial charge < -0.3 is 9.42 Å². The molecule has 0 spiro atoms. The monoisotopic (exact) mass is 360 g/mol. The molecule has 0 N–H and O–H groups in total. The van der Waals surface area contributed by atoms with E-state index in [4.69, 9.17) is 4.52 Å². The average Bonchev–Trinajstić information content (AvgIpc) is 3.33. The van der Waals surface area contributed by atoms with Gasteiger partial charge in [0.05, 0.1) is 18.0 Å². The van der Waals surface area contributed by atoms with Crippen molar-refractivity contribution in [2.24, 2.45) is 0 Å². The van der Waals surface area contributed by atoms with Gasteiger partial charge in [0, 0.05) is 18.3 Å². The molecule has 8 nitrogen and oxygen atoms in total. The molecule has 4 aromatic rings. The topological polar surface area (TPSA) is 89.9 Å². The normalized spacial score (nSPS) is 16.5. The summed E-state index contributed by atoms with van der Waals surface area (Å²) in [5, 5.41) is 9.10. The fourth-order valence-electron chi connectivity index (χ4n) is 3.42. The maximum atomic E-state index is 13.1. The molecule has 0 aliphatic carbocycles. The average molecular weight is 360 g/mol. The van der Waals surface area contributed by atoms with E-state index in [0.717, 1.165) is 11.4 Å². The third-order valence-corrected chi connectivity index (χ3v) is 4.84. The second-order valence-corrected chi connectivity index (χ2v) is 6.44. The van der Waals surface area contributed by atoms with Gasteiger partial charge in [-0.05, 0) is 19.1 Å². The van der Waals surface area contributed by atoms with Crippen LogP contribution in [0.4, 0.5) is 0 Å². The van der Waals surface area contributed by atoms with Gasteiger partial charge in [-0.15, -0.1) is 0 Å². The number of aromatic nitrogens is 5. The van der Waals surface area contributed by atoms with Crippen LogP contribution in [0.1, 0.15) is 29.3 Å². The fourth-order valence-corrected chi connectivity index (χ4v) is 3.42. The number of nitrogens with zero attached hydrogens (tertiary/aromatic N) is 6. The third kappa shape index (κ3) is 2.49. The number of fused-ring (bicyclic) bond motifs is 2. The molecule has 8 heteroatoms. The number of carbonyl (C=O) groups excluding carboxylic acids is 1. The molecule has 0 unspecified atom stereocenters. The summed E-state index contributed by atoms with van der Waals surface area (Å²) in [5.41, 5.74) is 1.39. The van der Waals surface area contributed by atoms with E-state index < -0.39 is 0 Å². The molecule has 3 aromatic heterocycles. The molecule has 134 valence electrons. The molecule has 1 aromatic carbocycles. The summed E-state index contributed by atoms with van der Waals surface area (Å²) < 4.78 is 7.17. The van der Waals surface area contributed by atoms with Gasteiger partial charge in [-0.1, -0.05) is 35.5 Å². The molecule has 0 fully saturated rings. The van der Waals surface area contributed by atoms with E-state index in [1.54, 1.807) is 23.2 Å². The summed E-state index contributed by atoms with van der Waals surface area (Å²) >= 11 is 0. The molecule has 1 atom stereocenters. The first-order valence-electron chi connectivity index (χ1n) is 8.74. The minimum Gasteiger partial charge on any atom is -0.348 e. The number of rotatable bonds is 2. The second-order valence-electron chi connectivity index (χ2n) is 6.44. The van der Waals surface area contributed by atoms with Crippen molar-refractivity contribution >= 4 is 16.9 Å². The highest BCUT2D eigenvalue weighted by Gasteiger charge is 2.33. The lowest BCUT2D eigenvalue weighted by Crippen LogP contribution is -2.41. The first kappa shape index (κ1) is 15.7. The Kier molecular flexibility index (Phi) is 3.49. The number of hydrogen-bond donors (Lipinski definition) is 0. The van der Waals surface area contributed by atoms with Crippen molar-refractivity contribution in [2.75, 3.05) is 6.54 Å². The van der Waals surface area contributed by atoms with Gasteiger partial charge in [0.2, 0.25) is 11.4 Å². The largest absolute Gasteiger partial charge is 0.348 e. The Labute approximate surface area is 154 Å². The van der Waals surface area contributed by atoms with Crippen LogP contribution in [0.5, 0.6) is 0 Å². The summed E-state index contributed by atoms with van der Waals surface area (Å²) in [6.45, 7) is 3.05. The van der Waals surface area contributed by atoms with Crippen LogP contribution in [0.3, 0.4) is 0 Å². The Hall–Kier alpha value is -3.55. The number of carbonyl (C=O) groups is 1. The van der Waals surface area contributed by atoms with Crippen molar-refractivity contribution in [1.29, 1.82) is 0 Å². The van der Waals surface area contributed by atoms with Gasteiger partial charge in [-0.2, -0.15) is 5.10 Å². The first-order chi connectivity index (χ1) is 13.2. The Morgan fingerprint density at radius 3 is 2.85 bits per heavy atom. The highest BCUT2D eigenvalue weighted by atomic mass is 16.5. The van der Waals surface area contributed by atoms with Crippen LogP contribution < -0.4 is 0 Å². The number of benzene rings is 1. The molecule has 0 saturated heterocycles. The predicted octanol–water partition coefficient (Wildman–Crippen LogP) is 2.70. The van der Waals surface area contributed by atoms with Crippen molar-refractivity contribution in [3.63, 3.8) is 0 Å². The molecule has 0 bridgehead atoms. The van der Waals surface area contributed by atoms with Crippen LogP contribution in [0, 0.1) is 0 Å². The minimum atomic E-state index is -0.229. The smallest absolute Gasteiger partial charge is 0.293 e. The van der Waals surface area contributed by atoms with Crippen molar-refractivity contribution in [3.05, 3.63) is 60.2 Å². The van der Waals surface area contributed by atoms with Crippen LogP contribution in [-0.4, -0.2) is 42.3 Å². The summed E-state index contributed by atoms with van der Waals surface area (Å²) in [6.07, 6.45) is 1.62. The summed E-state index contributed by atoms with van der Waals surface area (Å²) in [6, 6.07) is 13.1. The van der Waals surface area contributed by atoms with Crippen molar-refractivity contribution < 1.29 is 9.32 Å². The number of hydrogen-bond acceptors (Lipinski definition) is 6. The molecule has 0 saturated carbocycles. The lowest BCUT2D eigenvalue weighted by molar-refractivity contribution is 0.0591. The molecule has 1 aliphatic heterocycles. The molecule has 1 amide bonds. The SMILES string of the molecule is C[C@H]1c2nc(-c3ccccc3)nn2CCN1C(=O)c1onc2ncccc12. The lowest BCUT2D eigenvalue weighted by atomic mass is 10.1. The molecule has 4 heterocycles. The van der Waals surface area contributed by atoms with Crippen molar-refractivity contribution in [1.82, 2.24) is 29.8 Å². The van der Waals surface area contributed by atoms with E-state index in [9.17, 15) is 4.79 Å². The fraction of sp³-hybridized carbons (Fsp3) is 0.211. The number of amides is 1. The molecule has 27 heavy (non-hydrogen) atoms. The van der Waals surface area contributed by atoms with Gasteiger partial charge in [0.25, 0.3) is 5.91 Å². The number of pyridine rings is 1. The van der Waals surface area contributed by atoms with E-state index in [1.807, 2.05) is 41.9 Å². The Balaban J connectivity index is 1.48. The first-order valence-corrected chi connectivity index (χ1v) is 8.74. The van der Waals surface area contributed by atoms with Gasteiger partial charge in [0.15, 0.2) is 5.82 Å². The molecule has 0 radical (unpaired) electrons. The van der Waals surface area contributed by atoms with Gasteiger partial charge in [-0.25, -0.2) is 14.6 Å². The van der Waals surface area contributed by atoms with Gasteiger partial charge >= 0.3 is 0 Å². The van der Waals surface area contributed by atoms with E-state index in [-0.39, 0.29) is 17.7 Å². The zero-order valence-electron chi connectivity index (χ0n) is 14.6. The van der Waals surface area contributed by atoms with E-state index in [0.29, 0.717) is 29.9 Å². The minimum absolute atomic E-state index is 0.209. The zero-order chi connectivity index (χ0) is 18.4. The van der Waals surface area contributed by atoms with E-state index >= 15 is 0 Å². The summed E-state index contributed by atoms with van der Waals surface area (Å²) in [5.74, 6) is 1.42. The van der Waals surface area contributed by atoms with Gasteiger partial charge in [-0.3, -0.25) is 4.79 Å². The van der Waals surface area contributed by atoms with Crippen molar-refractivity contribution in [2.45, 2.75) is 19.5 Å². The third-order valence-electron chi connectivity index (χ3n) is 4.84. The lowest BCUT2D eigenvalue weighted by Gasteiger charge is -2.32. The molecular weight excluding hydrogens is 344 g/mol. The predicted molar refractivity (Wildman–Crippen MR) is 96.7 cm³/mol. The van der Waals surface area contributed by atoms with Crippen molar-refractivity contribution in [3.8, 4) is 11.4 Å². The Morgan fingerprint density at radius 1 is 1.15 bits per heavy atom. The van der Waals surface area contributed by atoms with Crippen LogP contribution in [0.2, 0.25) is 0 Å². The maximum Gasteiger partial charge on any atom is 0.293 e. The second kappa shape index (κ2) is 6.01. The van der Waals surface area contributed by atoms with E-state index in [1.165, 1.54) is 0 Å². The highest BCUT2D eigenvalue weighted by molar-refractivity contribution is 6.02.